The number of benzene rings is 1. The Balaban J connectivity index is 2.04. The Labute approximate surface area is 153 Å². The molecule has 0 aliphatic heterocycles. The summed E-state index contributed by atoms with van der Waals surface area (Å²) >= 11 is 1.56. The molecule has 0 bridgehead atoms. The van der Waals surface area contributed by atoms with Crippen LogP contribution < -0.4 is 11.1 Å². The molecule has 1 amide bonds. The van der Waals surface area contributed by atoms with Gasteiger partial charge in [-0.3, -0.25) is 4.79 Å². The third kappa shape index (κ3) is 5.03. The first-order valence-corrected chi connectivity index (χ1v) is 9.20. The summed E-state index contributed by atoms with van der Waals surface area (Å²) in [5, 5.41) is 15.0. The number of anilines is 1. The zero-order chi connectivity index (χ0) is 18.7. The lowest BCUT2D eigenvalue weighted by Crippen LogP contribution is -2.36. The van der Waals surface area contributed by atoms with Crippen LogP contribution in [0.5, 0.6) is 0 Å². The van der Waals surface area contributed by atoms with Crippen LogP contribution in [0.4, 0.5) is 5.69 Å². The number of amides is 1. The first-order valence-electron chi connectivity index (χ1n) is 8.32. The van der Waals surface area contributed by atoms with Crippen LogP contribution in [-0.2, 0) is 16.6 Å². The highest BCUT2D eigenvalue weighted by Gasteiger charge is 2.27. The molecule has 6 heteroatoms. The van der Waals surface area contributed by atoms with Crippen molar-refractivity contribution in [3.8, 4) is 0 Å². The summed E-state index contributed by atoms with van der Waals surface area (Å²) < 4.78 is 0. The molecule has 0 fully saturated rings. The predicted molar refractivity (Wildman–Crippen MR) is 103 cm³/mol. The molecule has 0 aliphatic rings. The highest BCUT2D eigenvalue weighted by molar-refractivity contribution is 7.09. The molecule has 0 aliphatic carbocycles. The Kier molecular flexibility index (Phi) is 5.85. The van der Waals surface area contributed by atoms with E-state index in [4.69, 9.17) is 5.73 Å². The molecule has 2 aromatic rings. The van der Waals surface area contributed by atoms with Gasteiger partial charge >= 0.3 is 0 Å². The molecule has 0 atom stereocenters. The second-order valence-corrected chi connectivity index (χ2v) is 8.52. The third-order valence-corrected chi connectivity index (χ3v) is 5.47. The summed E-state index contributed by atoms with van der Waals surface area (Å²) in [5.41, 5.74) is 7.84. The van der Waals surface area contributed by atoms with Gasteiger partial charge in [0.1, 0.15) is 5.01 Å². The van der Waals surface area contributed by atoms with E-state index in [0.29, 0.717) is 6.54 Å². The first kappa shape index (κ1) is 19.4. The predicted octanol–water partition coefficient (Wildman–Crippen LogP) is 2.73. The summed E-state index contributed by atoms with van der Waals surface area (Å²) in [4.78, 5) is 16.8. The van der Waals surface area contributed by atoms with E-state index in [9.17, 15) is 9.90 Å². The summed E-state index contributed by atoms with van der Waals surface area (Å²) in [6, 6.07) is 7.81. The maximum absolute atomic E-state index is 12.1. The number of nitrogens with two attached hydrogens (primary N) is 1. The van der Waals surface area contributed by atoms with Crippen molar-refractivity contribution >= 4 is 22.9 Å². The number of hydrogen-bond donors (Lipinski definition) is 3. The lowest BCUT2D eigenvalue weighted by Gasteiger charge is -2.23. The van der Waals surface area contributed by atoms with Crippen molar-refractivity contribution < 1.29 is 9.90 Å². The fraction of sp³-hybridized carbons (Fsp3) is 0.474. The van der Waals surface area contributed by atoms with Crippen LogP contribution in [0, 0.1) is 5.41 Å². The topological polar surface area (TPSA) is 88.2 Å². The lowest BCUT2D eigenvalue weighted by atomic mass is 9.85. The normalized spacial score (nSPS) is 12.2. The number of nitrogens with one attached hydrogen (secondary N) is 1. The van der Waals surface area contributed by atoms with Gasteiger partial charge in [0.25, 0.3) is 0 Å². The van der Waals surface area contributed by atoms with E-state index in [0.717, 1.165) is 22.0 Å². The van der Waals surface area contributed by atoms with Crippen LogP contribution in [0.25, 0.3) is 0 Å². The van der Waals surface area contributed by atoms with Crippen molar-refractivity contribution in [1.82, 2.24) is 10.3 Å². The van der Waals surface area contributed by atoms with Gasteiger partial charge in [-0.25, -0.2) is 4.98 Å². The van der Waals surface area contributed by atoms with E-state index in [-0.39, 0.29) is 29.8 Å². The summed E-state index contributed by atoms with van der Waals surface area (Å²) in [7, 11) is 0. The molecule has 0 saturated carbocycles. The lowest BCUT2D eigenvalue weighted by molar-refractivity contribution is -0.121. The molecule has 5 nitrogen and oxygen atoms in total. The molecule has 0 unspecified atom stereocenters. The van der Waals surface area contributed by atoms with Gasteiger partial charge in [-0.05, 0) is 31.5 Å². The molecule has 1 heterocycles. The first-order chi connectivity index (χ1) is 11.6. The maximum Gasteiger partial charge on any atom is 0.226 e. The number of aliphatic hydroxyl groups excluding tert-OH is 1. The number of aromatic nitrogens is 1. The second-order valence-electron chi connectivity index (χ2n) is 7.67. The van der Waals surface area contributed by atoms with Gasteiger partial charge in [-0.15, -0.1) is 11.3 Å². The van der Waals surface area contributed by atoms with Gasteiger partial charge in [0, 0.05) is 35.0 Å². The molecule has 2 rings (SSSR count). The SMILES string of the molecule is CC(C)(CO)CNC(=O)Cc1csc(C(C)(C)c2ccc(N)cc2)n1. The highest BCUT2D eigenvalue weighted by Crippen LogP contribution is 2.33. The molecule has 0 saturated heterocycles. The van der Waals surface area contributed by atoms with Crippen LogP contribution in [0.1, 0.15) is 44.0 Å². The van der Waals surface area contributed by atoms with Crippen LogP contribution in [0.15, 0.2) is 29.6 Å². The fourth-order valence-electron chi connectivity index (χ4n) is 2.32. The van der Waals surface area contributed by atoms with Crippen LogP contribution in [-0.4, -0.2) is 29.1 Å². The van der Waals surface area contributed by atoms with Crippen molar-refractivity contribution in [2.45, 2.75) is 39.5 Å². The Morgan fingerprint density at radius 2 is 1.88 bits per heavy atom. The van der Waals surface area contributed by atoms with E-state index >= 15 is 0 Å². The number of rotatable bonds is 7. The average molecular weight is 362 g/mol. The van der Waals surface area contributed by atoms with Gasteiger partial charge in [-0.2, -0.15) is 0 Å². The van der Waals surface area contributed by atoms with E-state index in [2.05, 4.69) is 24.1 Å². The van der Waals surface area contributed by atoms with Gasteiger partial charge in [0.05, 0.1) is 12.1 Å². The third-order valence-electron chi connectivity index (χ3n) is 4.25. The Morgan fingerprint density at radius 3 is 2.48 bits per heavy atom. The van der Waals surface area contributed by atoms with Crippen molar-refractivity contribution in [3.63, 3.8) is 0 Å². The molecular weight excluding hydrogens is 334 g/mol. The van der Waals surface area contributed by atoms with E-state index in [1.54, 1.807) is 11.3 Å². The zero-order valence-electron chi connectivity index (χ0n) is 15.3. The monoisotopic (exact) mass is 361 g/mol. The maximum atomic E-state index is 12.1. The van der Waals surface area contributed by atoms with Crippen molar-refractivity contribution in [2.75, 3.05) is 18.9 Å². The number of hydrogen-bond acceptors (Lipinski definition) is 5. The molecule has 136 valence electrons. The van der Waals surface area contributed by atoms with Crippen LogP contribution in [0.2, 0.25) is 0 Å². The summed E-state index contributed by atoms with van der Waals surface area (Å²) in [6.45, 7) is 8.52. The number of nitrogen functional groups attached to an aromatic ring is 1. The summed E-state index contributed by atoms with van der Waals surface area (Å²) in [5.74, 6) is -0.0799. The van der Waals surface area contributed by atoms with Crippen LogP contribution in [0.3, 0.4) is 0 Å². The average Bonchev–Trinajstić information content (AvgIpc) is 3.03. The van der Waals surface area contributed by atoms with Crippen molar-refractivity contribution in [1.29, 1.82) is 0 Å². The standard InChI is InChI=1S/C19H27N3O2S/c1-18(2,12-23)11-21-16(24)9-15-10-25-17(22-15)19(3,4)13-5-7-14(20)8-6-13/h5-8,10,23H,9,11-12,20H2,1-4H3,(H,21,24). The molecule has 0 spiro atoms. The number of thiazole rings is 1. The Morgan fingerprint density at radius 1 is 1.24 bits per heavy atom. The number of nitrogens with zero attached hydrogens (tertiary/aromatic N) is 1. The summed E-state index contributed by atoms with van der Waals surface area (Å²) in [6.07, 6.45) is 0.246. The Bertz CT molecular complexity index is 721. The molecule has 1 aromatic heterocycles. The molecule has 0 radical (unpaired) electrons. The van der Waals surface area contributed by atoms with Crippen LogP contribution >= 0.6 is 11.3 Å². The van der Waals surface area contributed by atoms with Gasteiger partial charge in [0.15, 0.2) is 0 Å². The van der Waals surface area contributed by atoms with E-state index in [1.807, 2.05) is 43.5 Å². The number of aliphatic hydroxyl groups is 1. The zero-order valence-corrected chi connectivity index (χ0v) is 16.1. The van der Waals surface area contributed by atoms with E-state index in [1.165, 1.54) is 0 Å². The fourth-order valence-corrected chi connectivity index (χ4v) is 3.29. The highest BCUT2D eigenvalue weighted by atomic mass is 32.1. The number of carbonyl (C=O) groups excluding carboxylic acids is 1. The minimum absolute atomic E-state index is 0.0317. The molecular formula is C19H27N3O2S. The van der Waals surface area contributed by atoms with Crippen molar-refractivity contribution in [2.24, 2.45) is 5.41 Å². The molecule has 4 N–H and O–H groups in total. The largest absolute Gasteiger partial charge is 0.399 e. The second kappa shape index (κ2) is 7.54. The van der Waals surface area contributed by atoms with Crippen molar-refractivity contribution in [3.05, 3.63) is 45.9 Å². The molecule has 25 heavy (non-hydrogen) atoms. The smallest absolute Gasteiger partial charge is 0.226 e. The minimum Gasteiger partial charge on any atom is -0.399 e. The van der Waals surface area contributed by atoms with E-state index < -0.39 is 0 Å². The van der Waals surface area contributed by atoms with Gasteiger partial charge < -0.3 is 16.2 Å². The Hall–Kier alpha value is -1.92. The van der Waals surface area contributed by atoms with Gasteiger partial charge in [0.2, 0.25) is 5.91 Å². The number of carbonyl (C=O) groups is 1. The molecule has 1 aromatic carbocycles. The van der Waals surface area contributed by atoms with Gasteiger partial charge in [-0.1, -0.05) is 26.0 Å². The quantitative estimate of drug-likeness (QED) is 0.662. The minimum atomic E-state index is -0.319.